The van der Waals surface area contributed by atoms with E-state index < -0.39 is 23.7 Å². The number of H-pyrrole nitrogens is 2. The molecule has 0 fully saturated rings. The van der Waals surface area contributed by atoms with Crippen molar-refractivity contribution in [3.05, 3.63) is 46.2 Å². The van der Waals surface area contributed by atoms with Gasteiger partial charge >= 0.3 is 6.18 Å². The summed E-state index contributed by atoms with van der Waals surface area (Å²) in [4.78, 5) is 0. The molecule has 0 saturated carbocycles. The second-order valence-electron chi connectivity index (χ2n) is 7.34. The zero-order chi connectivity index (χ0) is 19.6. The Bertz CT molecular complexity index is 1120. The molecule has 5 nitrogen and oxygen atoms in total. The molecule has 2 aromatic heterocycles. The molecular weight excluding hydrogens is 374 g/mol. The van der Waals surface area contributed by atoms with Crippen LogP contribution in [0.1, 0.15) is 54.2 Å². The molecule has 3 aromatic rings. The Morgan fingerprint density at radius 2 is 1.93 bits per heavy atom. The fraction of sp³-hybridized carbons (Fsp3) is 0.368. The Morgan fingerprint density at radius 1 is 1.14 bits per heavy atom. The molecule has 2 aliphatic rings. The molecule has 3 N–H and O–H groups in total. The summed E-state index contributed by atoms with van der Waals surface area (Å²) in [5.74, 6) is -0.507. The number of rotatable bonds is 1. The molecule has 0 bridgehead atoms. The van der Waals surface area contributed by atoms with E-state index in [1.165, 1.54) is 12.3 Å². The number of benzene rings is 1. The van der Waals surface area contributed by atoms with E-state index in [9.17, 15) is 17.6 Å². The Kier molecular flexibility index (Phi) is 3.59. The van der Waals surface area contributed by atoms with Crippen LogP contribution >= 0.6 is 0 Å². The van der Waals surface area contributed by atoms with Gasteiger partial charge in [-0.2, -0.15) is 23.4 Å². The number of nitrogens with one attached hydrogen (secondary N) is 3. The van der Waals surface area contributed by atoms with E-state index in [4.69, 9.17) is 0 Å². The third-order valence-corrected chi connectivity index (χ3v) is 5.69. The van der Waals surface area contributed by atoms with Crippen LogP contribution in [0.5, 0.6) is 0 Å². The van der Waals surface area contributed by atoms with Crippen molar-refractivity contribution in [1.82, 2.24) is 20.4 Å². The van der Waals surface area contributed by atoms with Gasteiger partial charge in [-0.15, -0.1) is 0 Å². The fourth-order valence-corrected chi connectivity index (χ4v) is 4.52. The first-order valence-electron chi connectivity index (χ1n) is 9.12. The van der Waals surface area contributed by atoms with Crippen LogP contribution in [0.25, 0.3) is 16.5 Å². The first kappa shape index (κ1) is 17.3. The molecule has 1 unspecified atom stereocenters. The highest BCUT2D eigenvalue weighted by atomic mass is 19.4. The van der Waals surface area contributed by atoms with E-state index in [1.54, 1.807) is 0 Å². The summed E-state index contributed by atoms with van der Waals surface area (Å²) in [6.45, 7) is 1.82. The lowest BCUT2D eigenvalue weighted by atomic mass is 9.77. The standard InChI is InChI=1S/C19H17F4N5/c1-8-14-15-9-4-2-3-5-10(9)16(11-7-24-28-18(11)19(21,22)23)25-13(15)6-12(20)17(14)27-26-8/h6-7,16,25H,2-5H2,1H3,(H,24,28)(H,26,27). The summed E-state index contributed by atoms with van der Waals surface area (Å²) < 4.78 is 55.0. The molecule has 1 aromatic carbocycles. The molecule has 3 heterocycles. The van der Waals surface area contributed by atoms with Crippen molar-refractivity contribution in [2.75, 3.05) is 5.32 Å². The maximum atomic E-state index is 14.6. The molecule has 0 spiro atoms. The van der Waals surface area contributed by atoms with E-state index in [-0.39, 0.29) is 11.1 Å². The van der Waals surface area contributed by atoms with Crippen molar-refractivity contribution in [1.29, 1.82) is 0 Å². The normalized spacial score (nSPS) is 19.5. The van der Waals surface area contributed by atoms with Gasteiger partial charge in [0.05, 0.1) is 12.2 Å². The van der Waals surface area contributed by atoms with Crippen molar-refractivity contribution in [2.24, 2.45) is 0 Å². The summed E-state index contributed by atoms with van der Waals surface area (Å²) in [6, 6.07) is 0.638. The van der Waals surface area contributed by atoms with Gasteiger partial charge in [0, 0.05) is 27.9 Å². The van der Waals surface area contributed by atoms with Gasteiger partial charge in [0.15, 0.2) is 5.82 Å². The summed E-state index contributed by atoms with van der Waals surface area (Å²) in [5, 5.41) is 16.5. The maximum Gasteiger partial charge on any atom is 0.433 e. The molecule has 0 radical (unpaired) electrons. The average molecular weight is 391 g/mol. The maximum absolute atomic E-state index is 14.6. The smallest absolute Gasteiger partial charge is 0.374 e. The third-order valence-electron chi connectivity index (χ3n) is 5.69. The second-order valence-corrected chi connectivity index (χ2v) is 7.34. The van der Waals surface area contributed by atoms with Crippen molar-refractivity contribution in [3.63, 3.8) is 0 Å². The number of anilines is 1. The Balaban J connectivity index is 1.77. The van der Waals surface area contributed by atoms with E-state index in [2.05, 4.69) is 25.7 Å². The molecule has 1 atom stereocenters. The quantitative estimate of drug-likeness (QED) is 0.497. The topological polar surface area (TPSA) is 69.4 Å². The van der Waals surface area contributed by atoms with Gasteiger partial charge in [0.1, 0.15) is 11.2 Å². The van der Waals surface area contributed by atoms with Crippen LogP contribution in [0.2, 0.25) is 0 Å². The van der Waals surface area contributed by atoms with Crippen molar-refractivity contribution in [3.8, 4) is 0 Å². The highest BCUT2D eigenvalue weighted by Crippen LogP contribution is 2.50. The van der Waals surface area contributed by atoms with Crippen LogP contribution in [0.3, 0.4) is 0 Å². The summed E-state index contributed by atoms with van der Waals surface area (Å²) >= 11 is 0. The molecular formula is C19H17F4N5. The molecule has 28 heavy (non-hydrogen) atoms. The van der Waals surface area contributed by atoms with E-state index in [0.717, 1.165) is 41.7 Å². The summed E-state index contributed by atoms with van der Waals surface area (Å²) in [7, 11) is 0. The lowest BCUT2D eigenvalue weighted by Gasteiger charge is -2.35. The number of alkyl halides is 3. The third kappa shape index (κ3) is 2.38. The SMILES string of the molecule is Cc1[nH]nc2c(F)cc3c(c12)C1=C(CCCC1)C(c1cn[nH]c1C(F)(F)F)N3. The first-order chi connectivity index (χ1) is 13.4. The van der Waals surface area contributed by atoms with E-state index in [0.29, 0.717) is 17.5 Å². The van der Waals surface area contributed by atoms with Gasteiger partial charge in [-0.05, 0) is 49.8 Å². The molecule has 1 aliphatic carbocycles. The van der Waals surface area contributed by atoms with Crippen LogP contribution < -0.4 is 5.32 Å². The number of halogens is 4. The molecule has 1 aliphatic heterocycles. The summed E-state index contributed by atoms with van der Waals surface area (Å²) in [5.41, 5.74) is 3.42. The average Bonchev–Trinajstić information content (AvgIpc) is 3.28. The Hall–Kier alpha value is -2.84. The van der Waals surface area contributed by atoms with Gasteiger partial charge in [-0.25, -0.2) is 4.39 Å². The van der Waals surface area contributed by atoms with Crippen LogP contribution in [-0.2, 0) is 6.18 Å². The highest BCUT2D eigenvalue weighted by Gasteiger charge is 2.41. The number of aromatic nitrogens is 4. The van der Waals surface area contributed by atoms with Gasteiger partial charge in [-0.3, -0.25) is 10.2 Å². The van der Waals surface area contributed by atoms with Crippen LogP contribution in [0.15, 0.2) is 17.8 Å². The zero-order valence-electron chi connectivity index (χ0n) is 15.0. The van der Waals surface area contributed by atoms with Crippen molar-refractivity contribution in [2.45, 2.75) is 44.8 Å². The minimum Gasteiger partial charge on any atom is -0.374 e. The first-order valence-corrected chi connectivity index (χ1v) is 9.12. The van der Waals surface area contributed by atoms with Crippen molar-refractivity contribution < 1.29 is 17.6 Å². The number of nitrogens with zero attached hydrogens (tertiary/aromatic N) is 2. The highest BCUT2D eigenvalue weighted by molar-refractivity contribution is 6.01. The second kappa shape index (κ2) is 5.83. The Morgan fingerprint density at radius 3 is 2.71 bits per heavy atom. The molecule has 9 heteroatoms. The number of aryl methyl sites for hydroxylation is 1. The number of hydrogen-bond acceptors (Lipinski definition) is 3. The zero-order valence-corrected chi connectivity index (χ0v) is 15.0. The molecule has 0 amide bonds. The fourth-order valence-electron chi connectivity index (χ4n) is 4.52. The van der Waals surface area contributed by atoms with Crippen LogP contribution in [-0.4, -0.2) is 20.4 Å². The Labute approximate surface area is 157 Å². The van der Waals surface area contributed by atoms with E-state index in [1.807, 2.05) is 6.92 Å². The summed E-state index contributed by atoms with van der Waals surface area (Å²) in [6.07, 6.45) is -0.0590. The van der Waals surface area contributed by atoms with Gasteiger partial charge in [-0.1, -0.05) is 0 Å². The van der Waals surface area contributed by atoms with Gasteiger partial charge in [0.25, 0.3) is 0 Å². The van der Waals surface area contributed by atoms with Crippen molar-refractivity contribution >= 4 is 22.2 Å². The van der Waals surface area contributed by atoms with Crippen LogP contribution in [0.4, 0.5) is 23.2 Å². The molecule has 5 rings (SSSR count). The minimum atomic E-state index is -4.54. The molecule has 146 valence electrons. The molecule has 0 saturated heterocycles. The largest absolute Gasteiger partial charge is 0.433 e. The van der Waals surface area contributed by atoms with Crippen LogP contribution in [0, 0.1) is 12.7 Å². The lowest BCUT2D eigenvalue weighted by Crippen LogP contribution is -2.24. The van der Waals surface area contributed by atoms with Gasteiger partial charge < -0.3 is 5.32 Å². The van der Waals surface area contributed by atoms with E-state index >= 15 is 0 Å². The predicted octanol–water partition coefficient (Wildman–Crippen LogP) is 5.25. The minimum absolute atomic E-state index is 0.0389. The predicted molar refractivity (Wildman–Crippen MR) is 96.1 cm³/mol. The number of hydrogen-bond donors (Lipinski definition) is 3. The van der Waals surface area contributed by atoms with Gasteiger partial charge in [0.2, 0.25) is 0 Å². The number of fused-ring (bicyclic) bond motifs is 4. The number of allylic oxidation sites excluding steroid dienone is 1. The number of aromatic amines is 2. The monoisotopic (exact) mass is 391 g/mol. The lowest BCUT2D eigenvalue weighted by molar-refractivity contribution is -0.141.